The Bertz CT molecular complexity index is 1520. The summed E-state index contributed by atoms with van der Waals surface area (Å²) in [5, 5.41) is 0. The number of nitrogens with zero attached hydrogens (tertiary/aromatic N) is 4. The summed E-state index contributed by atoms with van der Waals surface area (Å²) in [5.74, 6) is 0. The average molecular weight is 616 g/mol. The second-order valence-electron chi connectivity index (χ2n) is 9.95. The van der Waals surface area contributed by atoms with Gasteiger partial charge in [-0.15, -0.1) is 0 Å². The van der Waals surface area contributed by atoms with E-state index >= 15 is 0 Å². The van der Waals surface area contributed by atoms with E-state index in [1.165, 1.54) is 6.33 Å². The molecule has 210 valence electrons. The summed E-state index contributed by atoms with van der Waals surface area (Å²) in [4.78, 5) is 13.3. The van der Waals surface area contributed by atoms with Crippen molar-refractivity contribution < 1.29 is 18.9 Å². The number of hydrogen-bond acceptors (Lipinski definition) is 7. The molecular weight excluding hydrogens is 584 g/mol. The lowest BCUT2D eigenvalue weighted by atomic mass is 9.99. The molecule has 0 saturated carbocycles. The lowest BCUT2D eigenvalue weighted by Crippen LogP contribution is -2.51. The number of rotatable bonds is 11. The molecule has 2 aromatic heterocycles. The molecule has 1 saturated heterocycles. The van der Waals surface area contributed by atoms with E-state index in [0.29, 0.717) is 48.6 Å². The highest BCUT2D eigenvalue weighted by atomic mass is 79.9. The molecule has 6 rings (SSSR count). The fraction of sp³-hybridized carbons (Fsp3) is 0.281. The molecule has 3 heterocycles. The zero-order chi connectivity index (χ0) is 27.9. The summed E-state index contributed by atoms with van der Waals surface area (Å²) in [7, 11) is 0. The first-order valence-electron chi connectivity index (χ1n) is 13.7. The minimum Gasteiger partial charge on any atom is -0.374 e. The Balaban J connectivity index is 1.27. The third kappa shape index (κ3) is 6.89. The van der Waals surface area contributed by atoms with Crippen molar-refractivity contribution in [1.29, 1.82) is 0 Å². The summed E-state index contributed by atoms with van der Waals surface area (Å²) >= 11 is 3.48. The van der Waals surface area contributed by atoms with Gasteiger partial charge in [0, 0.05) is 6.42 Å². The molecule has 0 unspecified atom stereocenters. The van der Waals surface area contributed by atoms with Crippen molar-refractivity contribution in [2.75, 3.05) is 6.61 Å². The van der Waals surface area contributed by atoms with Gasteiger partial charge in [0.15, 0.2) is 5.65 Å². The number of aromatic nitrogens is 4. The summed E-state index contributed by atoms with van der Waals surface area (Å²) in [5.41, 5.74) is 4.64. The van der Waals surface area contributed by atoms with Crippen LogP contribution in [0.15, 0.2) is 108 Å². The Labute approximate surface area is 247 Å². The van der Waals surface area contributed by atoms with Gasteiger partial charge in [0.2, 0.25) is 0 Å². The van der Waals surface area contributed by atoms with Gasteiger partial charge in [-0.25, -0.2) is 15.0 Å². The lowest BCUT2D eigenvalue weighted by molar-refractivity contribution is -0.236. The first kappa shape index (κ1) is 27.7. The number of fused-ring (bicyclic) bond motifs is 1. The van der Waals surface area contributed by atoms with E-state index in [1.54, 1.807) is 6.33 Å². The summed E-state index contributed by atoms with van der Waals surface area (Å²) in [6.07, 6.45) is 2.40. The molecule has 41 heavy (non-hydrogen) atoms. The molecule has 1 fully saturated rings. The third-order valence-electron chi connectivity index (χ3n) is 7.11. The maximum atomic E-state index is 6.72. The highest BCUT2D eigenvalue weighted by molar-refractivity contribution is 9.10. The van der Waals surface area contributed by atoms with Crippen molar-refractivity contribution >= 4 is 27.1 Å². The van der Waals surface area contributed by atoms with E-state index in [2.05, 4.69) is 67.3 Å². The fourth-order valence-corrected chi connectivity index (χ4v) is 5.41. The van der Waals surface area contributed by atoms with E-state index in [0.717, 1.165) is 16.7 Å². The first-order valence-corrected chi connectivity index (χ1v) is 14.4. The van der Waals surface area contributed by atoms with E-state index in [1.807, 2.05) is 59.2 Å². The molecule has 0 aliphatic carbocycles. The van der Waals surface area contributed by atoms with E-state index in [-0.39, 0.29) is 18.4 Å². The lowest BCUT2D eigenvalue weighted by Gasteiger charge is -2.41. The molecule has 8 nitrogen and oxygen atoms in total. The Morgan fingerprint density at radius 2 is 1.37 bits per heavy atom. The highest BCUT2D eigenvalue weighted by Gasteiger charge is 2.42. The van der Waals surface area contributed by atoms with Crippen LogP contribution in [0, 0.1) is 0 Å². The molecule has 9 heteroatoms. The summed E-state index contributed by atoms with van der Waals surface area (Å²) in [6.45, 7) is 1.70. The van der Waals surface area contributed by atoms with Crippen LogP contribution >= 0.6 is 15.9 Å². The topological polar surface area (TPSA) is 80.5 Å². The molecule has 1 aliphatic rings. The zero-order valence-electron chi connectivity index (χ0n) is 22.5. The van der Waals surface area contributed by atoms with Crippen molar-refractivity contribution in [3.8, 4) is 0 Å². The number of ether oxygens (including phenoxy) is 4. The molecule has 3 aromatic carbocycles. The van der Waals surface area contributed by atoms with Gasteiger partial charge in [-0.1, -0.05) is 91.0 Å². The molecule has 1 aliphatic heterocycles. The standard InChI is InChI=1S/C32H31BrN4O4/c33-31-29-32(35-21-34-31)37(22-36-29)28-16-26(39-18-24-12-6-2-7-13-24)30(40-19-25-14-8-3-9-15-25)27(41-28)20-38-17-23-10-4-1-5-11-23/h1-15,21-22,26-28,30H,16-20H2/t26-,27-,28+,30+/m1/s1. The normalized spacial score (nSPS) is 20.8. The fourth-order valence-electron chi connectivity index (χ4n) is 5.04. The predicted molar refractivity (Wildman–Crippen MR) is 158 cm³/mol. The molecule has 0 spiro atoms. The van der Waals surface area contributed by atoms with Gasteiger partial charge in [-0.3, -0.25) is 4.57 Å². The Morgan fingerprint density at radius 1 is 0.756 bits per heavy atom. The largest absolute Gasteiger partial charge is 0.374 e. The second-order valence-corrected chi connectivity index (χ2v) is 10.7. The van der Waals surface area contributed by atoms with Crippen LogP contribution in [0.2, 0.25) is 0 Å². The van der Waals surface area contributed by atoms with Crippen molar-refractivity contribution in [2.24, 2.45) is 0 Å². The monoisotopic (exact) mass is 614 g/mol. The molecule has 0 amide bonds. The van der Waals surface area contributed by atoms with Crippen molar-refractivity contribution in [2.45, 2.75) is 50.8 Å². The molecule has 4 atom stereocenters. The average Bonchev–Trinajstić information content (AvgIpc) is 3.46. The van der Waals surface area contributed by atoms with Crippen LogP contribution in [0.5, 0.6) is 0 Å². The SMILES string of the molecule is Brc1ncnc2c1ncn2[C@@H]1C[C@@H](OCc2ccccc2)[C@H](OCc2ccccc2)[C@@H](COCc2ccccc2)O1. The van der Waals surface area contributed by atoms with Crippen LogP contribution < -0.4 is 0 Å². The zero-order valence-corrected chi connectivity index (χ0v) is 24.0. The summed E-state index contributed by atoms with van der Waals surface area (Å²) in [6, 6.07) is 30.4. The van der Waals surface area contributed by atoms with Gasteiger partial charge in [-0.2, -0.15) is 0 Å². The molecule has 0 N–H and O–H groups in total. The van der Waals surface area contributed by atoms with Crippen molar-refractivity contribution in [3.05, 3.63) is 125 Å². The molecule has 5 aromatic rings. The molecule has 0 bridgehead atoms. The van der Waals surface area contributed by atoms with Crippen molar-refractivity contribution in [1.82, 2.24) is 19.5 Å². The van der Waals surface area contributed by atoms with Crippen LogP contribution in [0.25, 0.3) is 11.2 Å². The van der Waals surface area contributed by atoms with Crippen molar-refractivity contribution in [3.63, 3.8) is 0 Å². The van der Waals surface area contributed by atoms with E-state index in [9.17, 15) is 0 Å². The Hall–Kier alpha value is -3.47. The van der Waals surface area contributed by atoms with Gasteiger partial charge >= 0.3 is 0 Å². The Kier molecular flexibility index (Phi) is 9.09. The quantitative estimate of drug-likeness (QED) is 0.162. The summed E-state index contributed by atoms with van der Waals surface area (Å²) < 4.78 is 28.7. The van der Waals surface area contributed by atoms with Crippen LogP contribution in [0.4, 0.5) is 0 Å². The number of halogens is 1. The van der Waals surface area contributed by atoms with Crippen LogP contribution in [-0.2, 0) is 38.8 Å². The minimum absolute atomic E-state index is 0.272. The van der Waals surface area contributed by atoms with Gasteiger partial charge in [-0.05, 0) is 32.6 Å². The predicted octanol–water partition coefficient (Wildman–Crippen LogP) is 6.26. The number of benzene rings is 3. The third-order valence-corrected chi connectivity index (χ3v) is 7.69. The van der Waals surface area contributed by atoms with Crippen LogP contribution in [-0.4, -0.2) is 44.4 Å². The number of imidazole rings is 1. The number of hydrogen-bond donors (Lipinski definition) is 0. The van der Waals surface area contributed by atoms with Gasteiger partial charge in [0.05, 0.1) is 38.9 Å². The highest BCUT2D eigenvalue weighted by Crippen LogP contribution is 2.34. The molecule has 0 radical (unpaired) electrons. The van der Waals surface area contributed by atoms with E-state index < -0.39 is 6.10 Å². The second kappa shape index (κ2) is 13.5. The van der Waals surface area contributed by atoms with Crippen LogP contribution in [0.1, 0.15) is 29.3 Å². The van der Waals surface area contributed by atoms with Crippen LogP contribution in [0.3, 0.4) is 0 Å². The van der Waals surface area contributed by atoms with Gasteiger partial charge in [0.25, 0.3) is 0 Å². The Morgan fingerprint density at radius 3 is 2.02 bits per heavy atom. The maximum absolute atomic E-state index is 6.72. The minimum atomic E-state index is -0.398. The smallest absolute Gasteiger partial charge is 0.166 e. The first-order chi connectivity index (χ1) is 20.2. The maximum Gasteiger partial charge on any atom is 0.166 e. The van der Waals surface area contributed by atoms with Gasteiger partial charge < -0.3 is 18.9 Å². The van der Waals surface area contributed by atoms with E-state index in [4.69, 9.17) is 18.9 Å². The molecular formula is C32H31BrN4O4. The van der Waals surface area contributed by atoms with Gasteiger partial charge in [0.1, 0.15) is 34.9 Å².